The lowest BCUT2D eigenvalue weighted by atomic mass is 10.2. The predicted molar refractivity (Wildman–Crippen MR) is 124 cm³/mol. The fourth-order valence-electron chi connectivity index (χ4n) is 2.83. The molecule has 0 atom stereocenters. The van der Waals surface area contributed by atoms with Gasteiger partial charge in [-0.15, -0.1) is 11.8 Å². The normalized spacial score (nSPS) is 10.9. The molecular weight excluding hydrogens is 438 g/mol. The molecule has 0 spiro atoms. The van der Waals surface area contributed by atoms with E-state index in [1.807, 2.05) is 54.6 Å². The maximum absolute atomic E-state index is 13.2. The third-order valence-electron chi connectivity index (χ3n) is 4.38. The van der Waals surface area contributed by atoms with Gasteiger partial charge in [0.25, 0.3) is 0 Å². The van der Waals surface area contributed by atoms with Crippen LogP contribution in [0.3, 0.4) is 0 Å². The Kier molecular flexibility index (Phi) is 6.52. The Morgan fingerprint density at radius 1 is 1.13 bits per heavy atom. The summed E-state index contributed by atoms with van der Waals surface area (Å²) in [6.07, 6.45) is 3.45. The maximum atomic E-state index is 13.2. The first-order chi connectivity index (χ1) is 14.6. The van der Waals surface area contributed by atoms with E-state index in [2.05, 4.69) is 9.97 Å². The number of halogens is 1. The highest BCUT2D eigenvalue weighted by Crippen LogP contribution is 2.32. The summed E-state index contributed by atoms with van der Waals surface area (Å²) in [5.74, 6) is 1.07. The molecular formula is C22H18ClN3O2S2. The molecule has 0 saturated carbocycles. The van der Waals surface area contributed by atoms with Crippen molar-refractivity contribution in [3.05, 3.63) is 77.6 Å². The molecule has 0 N–H and O–H groups in total. The van der Waals surface area contributed by atoms with Crippen molar-refractivity contribution in [2.45, 2.75) is 11.4 Å². The smallest absolute Gasteiger partial charge is 0.239 e. The molecule has 4 aromatic rings. The van der Waals surface area contributed by atoms with Crippen molar-refractivity contribution in [2.24, 2.45) is 0 Å². The Hall–Kier alpha value is -2.61. The first-order valence-corrected chi connectivity index (χ1v) is 11.3. The van der Waals surface area contributed by atoms with Crippen LogP contribution in [0.4, 0.5) is 5.13 Å². The molecule has 0 saturated heterocycles. The largest absolute Gasteiger partial charge is 0.497 e. The molecule has 2 heterocycles. The van der Waals surface area contributed by atoms with Crippen molar-refractivity contribution < 1.29 is 9.53 Å². The zero-order valence-corrected chi connectivity index (χ0v) is 18.5. The molecule has 0 aliphatic rings. The molecule has 152 valence electrons. The minimum absolute atomic E-state index is 0.0159. The molecule has 2 aromatic heterocycles. The van der Waals surface area contributed by atoms with Gasteiger partial charge in [-0.2, -0.15) is 0 Å². The van der Waals surface area contributed by atoms with Crippen molar-refractivity contribution in [1.82, 2.24) is 9.97 Å². The second-order valence-electron chi connectivity index (χ2n) is 6.41. The number of nitrogens with zero attached hydrogens (tertiary/aromatic N) is 3. The molecule has 0 aliphatic carbocycles. The van der Waals surface area contributed by atoms with E-state index < -0.39 is 0 Å². The number of pyridine rings is 1. The Labute approximate surface area is 187 Å². The predicted octanol–water partition coefficient (Wildman–Crippen LogP) is 5.68. The van der Waals surface area contributed by atoms with Gasteiger partial charge in [0.2, 0.25) is 5.91 Å². The summed E-state index contributed by atoms with van der Waals surface area (Å²) in [7, 11) is 1.63. The number of benzene rings is 2. The Morgan fingerprint density at radius 3 is 2.63 bits per heavy atom. The Balaban J connectivity index is 1.57. The van der Waals surface area contributed by atoms with Gasteiger partial charge in [0.1, 0.15) is 5.75 Å². The standard InChI is InChI=1S/C22H18ClN3O2S2/c1-28-17-3-5-18(6-4-17)29-14-21(27)26(13-15-8-10-24-11-9-15)22-25-19-7-2-16(23)12-20(19)30-22/h2-12H,13-14H2,1H3. The van der Waals surface area contributed by atoms with E-state index in [0.29, 0.717) is 22.5 Å². The van der Waals surface area contributed by atoms with Gasteiger partial charge in [-0.25, -0.2) is 4.98 Å². The van der Waals surface area contributed by atoms with E-state index in [1.165, 1.54) is 23.1 Å². The Bertz CT molecular complexity index is 1150. The van der Waals surface area contributed by atoms with Crippen LogP contribution < -0.4 is 9.64 Å². The number of anilines is 1. The van der Waals surface area contributed by atoms with Crippen LogP contribution in [0.15, 0.2) is 71.9 Å². The number of aromatic nitrogens is 2. The second-order valence-corrected chi connectivity index (χ2v) is 8.90. The van der Waals surface area contributed by atoms with Crippen LogP contribution in [-0.2, 0) is 11.3 Å². The highest BCUT2D eigenvalue weighted by Gasteiger charge is 2.20. The summed E-state index contributed by atoms with van der Waals surface area (Å²) >= 11 is 9.07. The number of hydrogen-bond acceptors (Lipinski definition) is 6. The van der Waals surface area contributed by atoms with Gasteiger partial charge in [-0.05, 0) is 60.2 Å². The van der Waals surface area contributed by atoms with E-state index in [-0.39, 0.29) is 5.91 Å². The molecule has 0 fully saturated rings. The fraction of sp³-hybridized carbons (Fsp3) is 0.136. The number of methoxy groups -OCH3 is 1. The van der Waals surface area contributed by atoms with Crippen molar-refractivity contribution >= 4 is 56.0 Å². The van der Waals surface area contributed by atoms with Gasteiger partial charge in [0.15, 0.2) is 5.13 Å². The summed E-state index contributed by atoms with van der Waals surface area (Å²) in [6.45, 7) is 0.429. The van der Waals surface area contributed by atoms with Gasteiger partial charge < -0.3 is 4.74 Å². The van der Waals surface area contributed by atoms with Crippen LogP contribution in [0.2, 0.25) is 5.02 Å². The van der Waals surface area contributed by atoms with Crippen LogP contribution in [0, 0.1) is 0 Å². The quantitative estimate of drug-likeness (QED) is 0.335. The van der Waals surface area contributed by atoms with Crippen molar-refractivity contribution in [3.8, 4) is 5.75 Å². The molecule has 0 aliphatic heterocycles. The van der Waals surface area contributed by atoms with Crippen molar-refractivity contribution in [1.29, 1.82) is 0 Å². The summed E-state index contributed by atoms with van der Waals surface area (Å²) in [5.41, 5.74) is 1.82. The number of carbonyl (C=O) groups is 1. The van der Waals surface area contributed by atoms with E-state index >= 15 is 0 Å². The highest BCUT2D eigenvalue weighted by atomic mass is 35.5. The summed E-state index contributed by atoms with van der Waals surface area (Å²) in [4.78, 5) is 24.7. The lowest BCUT2D eigenvalue weighted by Gasteiger charge is -2.20. The topological polar surface area (TPSA) is 55.3 Å². The monoisotopic (exact) mass is 455 g/mol. The third kappa shape index (κ3) is 4.92. The highest BCUT2D eigenvalue weighted by molar-refractivity contribution is 8.00. The van der Waals surface area contributed by atoms with Crippen LogP contribution in [0.25, 0.3) is 10.2 Å². The Morgan fingerprint density at radius 2 is 1.90 bits per heavy atom. The summed E-state index contributed by atoms with van der Waals surface area (Å²) in [5, 5.41) is 1.31. The lowest BCUT2D eigenvalue weighted by Crippen LogP contribution is -2.31. The first kappa shape index (κ1) is 20.7. The number of ether oxygens (including phenoxy) is 1. The fourth-order valence-corrected chi connectivity index (χ4v) is 4.86. The maximum Gasteiger partial charge on any atom is 0.239 e. The zero-order valence-electron chi connectivity index (χ0n) is 16.1. The van der Waals surface area contributed by atoms with Gasteiger partial charge >= 0.3 is 0 Å². The number of carbonyl (C=O) groups excluding carboxylic acids is 1. The SMILES string of the molecule is COc1ccc(SCC(=O)N(Cc2ccncc2)c2nc3ccc(Cl)cc3s2)cc1. The second kappa shape index (κ2) is 9.47. The lowest BCUT2D eigenvalue weighted by molar-refractivity contribution is -0.116. The number of thioether (sulfide) groups is 1. The number of hydrogen-bond donors (Lipinski definition) is 0. The summed E-state index contributed by atoms with van der Waals surface area (Å²) < 4.78 is 6.14. The molecule has 0 radical (unpaired) electrons. The minimum atomic E-state index is -0.0159. The zero-order chi connectivity index (χ0) is 20.9. The molecule has 5 nitrogen and oxygen atoms in total. The molecule has 30 heavy (non-hydrogen) atoms. The molecule has 4 rings (SSSR count). The average molecular weight is 456 g/mol. The van der Waals surface area contributed by atoms with E-state index in [0.717, 1.165) is 26.4 Å². The summed E-state index contributed by atoms with van der Waals surface area (Å²) in [6, 6.07) is 17.0. The minimum Gasteiger partial charge on any atom is -0.497 e. The molecule has 0 unspecified atom stereocenters. The van der Waals surface area contributed by atoms with E-state index in [4.69, 9.17) is 16.3 Å². The molecule has 2 aromatic carbocycles. The van der Waals surface area contributed by atoms with Crippen molar-refractivity contribution in [2.75, 3.05) is 17.8 Å². The number of thiazole rings is 1. The van der Waals surface area contributed by atoms with Gasteiger partial charge in [0, 0.05) is 22.3 Å². The number of rotatable bonds is 7. The number of amides is 1. The first-order valence-electron chi connectivity index (χ1n) is 9.14. The molecule has 1 amide bonds. The van der Waals surface area contributed by atoms with Crippen LogP contribution in [0.5, 0.6) is 5.75 Å². The number of fused-ring (bicyclic) bond motifs is 1. The van der Waals surface area contributed by atoms with Crippen molar-refractivity contribution in [3.63, 3.8) is 0 Å². The van der Waals surface area contributed by atoms with Crippen LogP contribution in [0.1, 0.15) is 5.56 Å². The molecule has 0 bridgehead atoms. The average Bonchev–Trinajstić information content (AvgIpc) is 3.19. The van der Waals surface area contributed by atoms with Gasteiger partial charge in [0.05, 0.1) is 29.6 Å². The van der Waals surface area contributed by atoms with Gasteiger partial charge in [-0.1, -0.05) is 22.9 Å². The molecule has 8 heteroatoms. The van der Waals surface area contributed by atoms with E-state index in [1.54, 1.807) is 24.4 Å². The van der Waals surface area contributed by atoms with Crippen LogP contribution >= 0.6 is 34.7 Å². The van der Waals surface area contributed by atoms with E-state index in [9.17, 15) is 4.79 Å². The van der Waals surface area contributed by atoms with Gasteiger partial charge in [-0.3, -0.25) is 14.7 Å². The third-order valence-corrected chi connectivity index (χ3v) is 6.66. The van der Waals surface area contributed by atoms with Crippen LogP contribution in [-0.4, -0.2) is 28.7 Å².